The molecule has 4 rings (SSSR count). The van der Waals surface area contributed by atoms with Crippen molar-refractivity contribution in [3.8, 4) is 22.6 Å². The molecule has 0 amide bonds. The zero-order valence-corrected chi connectivity index (χ0v) is 16.1. The van der Waals surface area contributed by atoms with E-state index in [0.29, 0.717) is 11.5 Å². The molecule has 4 aromatic rings. The molecular formula is C21H19N3O2S. The highest BCUT2D eigenvalue weighted by Crippen LogP contribution is 2.40. The summed E-state index contributed by atoms with van der Waals surface area (Å²) in [6.07, 6.45) is 1.59. The van der Waals surface area contributed by atoms with Gasteiger partial charge in [0.2, 0.25) is 0 Å². The molecule has 5 nitrogen and oxygen atoms in total. The zero-order valence-electron chi connectivity index (χ0n) is 15.3. The van der Waals surface area contributed by atoms with Gasteiger partial charge >= 0.3 is 0 Å². The summed E-state index contributed by atoms with van der Waals surface area (Å²) in [5, 5.41) is 6.53. The lowest BCUT2D eigenvalue weighted by molar-refractivity contribution is 0.355. The van der Waals surface area contributed by atoms with Crippen molar-refractivity contribution in [1.82, 2.24) is 9.97 Å². The molecule has 0 unspecified atom stereocenters. The molecule has 0 bridgehead atoms. The monoisotopic (exact) mass is 377 g/mol. The Morgan fingerprint density at radius 3 is 2.59 bits per heavy atom. The molecule has 2 aromatic heterocycles. The lowest BCUT2D eigenvalue weighted by atomic mass is 10.1. The molecule has 0 aliphatic rings. The number of thiophene rings is 1. The standard InChI is InChI=1S/C21H19N3O2S/c1-13-5-4-6-15(9-13)24-20-19-16(11-27-21(19)23-12-22-20)14-7-8-17(25-2)18(10-14)26-3/h4-12H,1-3H3,(H,22,23,24). The van der Waals surface area contributed by atoms with E-state index in [-0.39, 0.29) is 0 Å². The SMILES string of the molecule is COc1ccc(-c2csc3ncnc(Nc4cccc(C)c4)c23)cc1OC. The molecule has 0 spiro atoms. The molecule has 0 saturated carbocycles. The molecule has 0 radical (unpaired) electrons. The molecule has 0 aliphatic heterocycles. The van der Waals surface area contributed by atoms with E-state index in [0.717, 1.165) is 32.8 Å². The lowest BCUT2D eigenvalue weighted by Crippen LogP contribution is -1.96. The van der Waals surface area contributed by atoms with Gasteiger partial charge in [-0.3, -0.25) is 0 Å². The van der Waals surface area contributed by atoms with Gasteiger partial charge in [-0.05, 0) is 42.3 Å². The minimum atomic E-state index is 0.694. The van der Waals surface area contributed by atoms with Gasteiger partial charge in [0.15, 0.2) is 11.5 Å². The quantitative estimate of drug-likeness (QED) is 0.503. The van der Waals surface area contributed by atoms with E-state index in [1.807, 2.05) is 30.3 Å². The van der Waals surface area contributed by atoms with E-state index in [1.165, 1.54) is 5.56 Å². The summed E-state index contributed by atoms with van der Waals surface area (Å²) in [5.74, 6) is 2.19. The van der Waals surface area contributed by atoms with Gasteiger partial charge in [0.05, 0.1) is 19.6 Å². The van der Waals surface area contributed by atoms with Gasteiger partial charge in [0, 0.05) is 16.6 Å². The van der Waals surface area contributed by atoms with E-state index in [9.17, 15) is 0 Å². The second-order valence-electron chi connectivity index (χ2n) is 6.12. The Bertz CT molecular complexity index is 1110. The predicted octanol–water partition coefficient (Wildman–Crippen LogP) is 5.43. The van der Waals surface area contributed by atoms with Crippen LogP contribution in [0.15, 0.2) is 54.2 Å². The van der Waals surface area contributed by atoms with Crippen LogP contribution >= 0.6 is 11.3 Å². The van der Waals surface area contributed by atoms with Crippen molar-refractivity contribution in [2.24, 2.45) is 0 Å². The Balaban J connectivity index is 1.83. The number of hydrogen-bond acceptors (Lipinski definition) is 6. The number of nitrogens with one attached hydrogen (secondary N) is 1. The molecule has 0 saturated heterocycles. The van der Waals surface area contributed by atoms with Gasteiger partial charge < -0.3 is 14.8 Å². The average Bonchev–Trinajstić information content (AvgIpc) is 3.13. The topological polar surface area (TPSA) is 56.3 Å². The largest absolute Gasteiger partial charge is 0.493 e. The molecule has 136 valence electrons. The molecule has 1 N–H and O–H groups in total. The first-order chi connectivity index (χ1) is 13.2. The van der Waals surface area contributed by atoms with Gasteiger partial charge in [-0.25, -0.2) is 9.97 Å². The number of aromatic nitrogens is 2. The third kappa shape index (κ3) is 3.31. The van der Waals surface area contributed by atoms with Crippen LogP contribution in [0, 0.1) is 6.92 Å². The third-order valence-corrected chi connectivity index (χ3v) is 5.23. The van der Waals surface area contributed by atoms with Crippen LogP contribution in [0.5, 0.6) is 11.5 Å². The molecule has 2 aromatic carbocycles. The Morgan fingerprint density at radius 2 is 1.81 bits per heavy atom. The van der Waals surface area contributed by atoms with E-state index in [1.54, 1.807) is 31.9 Å². The first kappa shape index (κ1) is 17.3. The number of hydrogen-bond donors (Lipinski definition) is 1. The molecule has 0 aliphatic carbocycles. The van der Waals surface area contributed by atoms with E-state index < -0.39 is 0 Å². The second-order valence-corrected chi connectivity index (χ2v) is 6.97. The Morgan fingerprint density at radius 1 is 0.963 bits per heavy atom. The molecule has 2 heterocycles. The Hall–Kier alpha value is -3.12. The molecule has 27 heavy (non-hydrogen) atoms. The van der Waals surface area contributed by atoms with Crippen LogP contribution in [0.1, 0.15) is 5.56 Å². The maximum absolute atomic E-state index is 5.46. The first-order valence-electron chi connectivity index (χ1n) is 8.48. The minimum Gasteiger partial charge on any atom is -0.493 e. The number of ether oxygens (including phenoxy) is 2. The van der Waals surface area contributed by atoms with Crippen LogP contribution in [-0.4, -0.2) is 24.2 Å². The average molecular weight is 377 g/mol. The number of fused-ring (bicyclic) bond motifs is 1. The van der Waals surface area contributed by atoms with E-state index in [4.69, 9.17) is 9.47 Å². The summed E-state index contributed by atoms with van der Waals surface area (Å²) in [7, 11) is 3.27. The zero-order chi connectivity index (χ0) is 18.8. The fourth-order valence-corrected chi connectivity index (χ4v) is 3.96. The summed E-state index contributed by atoms with van der Waals surface area (Å²) in [4.78, 5) is 9.87. The molecule has 6 heteroatoms. The van der Waals surface area contributed by atoms with Crippen LogP contribution in [0.2, 0.25) is 0 Å². The van der Waals surface area contributed by atoms with Crippen molar-refractivity contribution in [1.29, 1.82) is 0 Å². The summed E-state index contributed by atoms with van der Waals surface area (Å²) >= 11 is 1.60. The highest BCUT2D eigenvalue weighted by atomic mass is 32.1. The number of rotatable bonds is 5. The van der Waals surface area contributed by atoms with Gasteiger partial charge in [-0.1, -0.05) is 18.2 Å². The minimum absolute atomic E-state index is 0.694. The third-order valence-electron chi connectivity index (χ3n) is 4.35. The van der Waals surface area contributed by atoms with Gasteiger partial charge in [0.25, 0.3) is 0 Å². The number of benzene rings is 2. The van der Waals surface area contributed by atoms with Crippen LogP contribution in [0.3, 0.4) is 0 Å². The van der Waals surface area contributed by atoms with Crippen molar-refractivity contribution in [3.05, 3.63) is 59.7 Å². The Kier molecular flexibility index (Phi) is 4.64. The molecule has 0 fully saturated rings. The number of anilines is 2. The fourth-order valence-electron chi connectivity index (χ4n) is 3.05. The van der Waals surface area contributed by atoms with Crippen LogP contribution in [0.4, 0.5) is 11.5 Å². The highest BCUT2D eigenvalue weighted by molar-refractivity contribution is 7.17. The van der Waals surface area contributed by atoms with Crippen LogP contribution in [-0.2, 0) is 0 Å². The van der Waals surface area contributed by atoms with Gasteiger partial charge in [-0.15, -0.1) is 11.3 Å². The summed E-state index contributed by atoms with van der Waals surface area (Å²) < 4.78 is 10.8. The second kappa shape index (κ2) is 7.25. The van der Waals surface area contributed by atoms with Crippen molar-refractivity contribution >= 4 is 33.1 Å². The fraction of sp³-hybridized carbons (Fsp3) is 0.143. The summed E-state index contributed by atoms with van der Waals surface area (Å²) in [6, 6.07) is 14.1. The van der Waals surface area contributed by atoms with Gasteiger partial charge in [-0.2, -0.15) is 0 Å². The predicted molar refractivity (Wildman–Crippen MR) is 110 cm³/mol. The lowest BCUT2D eigenvalue weighted by Gasteiger charge is -2.11. The van der Waals surface area contributed by atoms with Crippen LogP contribution in [0.25, 0.3) is 21.3 Å². The normalized spacial score (nSPS) is 10.8. The first-order valence-corrected chi connectivity index (χ1v) is 9.36. The summed E-state index contributed by atoms with van der Waals surface area (Å²) in [5.41, 5.74) is 4.28. The molecular weight excluding hydrogens is 358 g/mol. The van der Waals surface area contributed by atoms with Gasteiger partial charge in [0.1, 0.15) is 17.0 Å². The molecule has 0 atom stereocenters. The Labute approximate surface area is 161 Å². The van der Waals surface area contributed by atoms with Crippen molar-refractivity contribution in [3.63, 3.8) is 0 Å². The number of aryl methyl sites for hydroxylation is 1. The summed E-state index contributed by atoms with van der Waals surface area (Å²) in [6.45, 7) is 2.07. The number of methoxy groups -OCH3 is 2. The van der Waals surface area contributed by atoms with Crippen LogP contribution < -0.4 is 14.8 Å². The van der Waals surface area contributed by atoms with E-state index >= 15 is 0 Å². The van der Waals surface area contributed by atoms with Crippen molar-refractivity contribution in [2.45, 2.75) is 6.92 Å². The highest BCUT2D eigenvalue weighted by Gasteiger charge is 2.15. The number of nitrogens with zero attached hydrogens (tertiary/aromatic N) is 2. The van der Waals surface area contributed by atoms with Crippen molar-refractivity contribution < 1.29 is 9.47 Å². The maximum Gasteiger partial charge on any atom is 0.161 e. The maximum atomic E-state index is 5.46. The van der Waals surface area contributed by atoms with Crippen molar-refractivity contribution in [2.75, 3.05) is 19.5 Å². The van der Waals surface area contributed by atoms with E-state index in [2.05, 4.69) is 39.7 Å². The smallest absolute Gasteiger partial charge is 0.161 e.